The number of benzene rings is 3. The molecule has 1 aliphatic rings. The van der Waals surface area contributed by atoms with Crippen LogP contribution in [0.15, 0.2) is 83.9 Å². The Labute approximate surface area is 319 Å². The lowest BCUT2D eigenvalue weighted by Gasteiger charge is -2.26. The average Bonchev–Trinajstić information content (AvgIpc) is 3.86. The Hall–Kier alpha value is -5.74. The number of carbonyl (C=O) groups excluding carboxylic acids is 4. The van der Waals surface area contributed by atoms with Gasteiger partial charge in [0.05, 0.1) is 29.7 Å². The van der Waals surface area contributed by atoms with Crippen LogP contribution in [0.25, 0.3) is 10.9 Å². The van der Waals surface area contributed by atoms with Crippen molar-refractivity contribution >= 4 is 56.2 Å². The predicted octanol–water partition coefficient (Wildman–Crippen LogP) is 3.43. The zero-order valence-corrected chi connectivity index (χ0v) is 31.6. The highest BCUT2D eigenvalue weighted by Crippen LogP contribution is 2.28. The van der Waals surface area contributed by atoms with Crippen LogP contribution in [0.5, 0.6) is 5.75 Å². The number of hydrogen-bond donors (Lipinski definition) is 6. The summed E-state index contributed by atoms with van der Waals surface area (Å²) in [6.45, 7) is 3.65. The number of rotatable bonds is 17. The van der Waals surface area contributed by atoms with Gasteiger partial charge in [0.1, 0.15) is 23.9 Å². The summed E-state index contributed by atoms with van der Waals surface area (Å²) in [6, 6.07) is 16.7. The molecule has 0 bridgehead atoms. The number of sulfonamides is 1. The van der Waals surface area contributed by atoms with Gasteiger partial charge in [0.15, 0.2) is 0 Å². The number of ether oxygens (including phenoxy) is 1. The van der Waals surface area contributed by atoms with E-state index in [-0.39, 0.29) is 49.1 Å². The van der Waals surface area contributed by atoms with Gasteiger partial charge in [-0.25, -0.2) is 13.2 Å². The molecule has 1 fully saturated rings. The maximum atomic E-state index is 13.3. The van der Waals surface area contributed by atoms with Crippen LogP contribution in [-0.4, -0.2) is 90.7 Å². The standard InChI is InChI=1S/C39H46N6O9S/c1-4-24(2)35(44-34(46)22-25-16-17-30(33(21-25)54-3)42-36(47)28-23-41-29-14-9-8-13-27(28)29)38(49)40-19-18-31(39(50)51)43-37(48)32-15-10-20-45(32)55(52,53)26-11-6-5-7-12-26/h5-9,11-14,16-17,21,23-24,31-32,35,41H,4,10,15,18-20,22H2,1-3H3,(H,40,49)(H,42,47)(H,43,48)(H,44,46)(H,50,51)/t24?,31-,32-,35-/m0/s1. The minimum atomic E-state index is -3.98. The molecule has 0 spiro atoms. The fraction of sp³-hybridized carbons (Fsp3) is 0.359. The van der Waals surface area contributed by atoms with E-state index in [0.29, 0.717) is 35.4 Å². The summed E-state index contributed by atoms with van der Waals surface area (Å²) >= 11 is 0. The number of methoxy groups -OCH3 is 1. The summed E-state index contributed by atoms with van der Waals surface area (Å²) in [4.78, 5) is 68.1. The van der Waals surface area contributed by atoms with Crippen LogP contribution in [0, 0.1) is 5.92 Å². The molecule has 0 aliphatic carbocycles. The third-order valence-electron chi connectivity index (χ3n) is 9.73. The average molecular weight is 775 g/mol. The first-order chi connectivity index (χ1) is 26.3. The van der Waals surface area contributed by atoms with Gasteiger partial charge in [-0.05, 0) is 61.1 Å². The number of nitrogens with zero attached hydrogens (tertiary/aromatic N) is 1. The highest BCUT2D eigenvalue weighted by atomic mass is 32.2. The molecule has 3 aromatic carbocycles. The van der Waals surface area contributed by atoms with Gasteiger partial charge in [-0.2, -0.15) is 4.31 Å². The van der Waals surface area contributed by atoms with Crippen molar-refractivity contribution in [2.24, 2.45) is 5.92 Å². The number of aliphatic carboxylic acids is 1. The molecule has 6 N–H and O–H groups in total. The number of fused-ring (bicyclic) bond motifs is 1. The molecule has 0 radical (unpaired) electrons. The van der Waals surface area contributed by atoms with Crippen molar-refractivity contribution in [3.8, 4) is 5.75 Å². The van der Waals surface area contributed by atoms with Gasteiger partial charge in [0.2, 0.25) is 27.7 Å². The van der Waals surface area contributed by atoms with Gasteiger partial charge in [-0.15, -0.1) is 0 Å². The molecule has 1 unspecified atom stereocenters. The number of nitrogens with one attached hydrogen (secondary N) is 5. The molecule has 4 atom stereocenters. The number of amides is 4. The molecule has 0 saturated carbocycles. The van der Waals surface area contributed by atoms with E-state index >= 15 is 0 Å². The lowest BCUT2D eigenvalue weighted by molar-refractivity contribution is -0.142. The Morgan fingerprint density at radius 1 is 1.00 bits per heavy atom. The molecule has 2 heterocycles. The van der Waals surface area contributed by atoms with E-state index in [1.165, 1.54) is 19.2 Å². The van der Waals surface area contributed by atoms with Crippen molar-refractivity contribution in [2.45, 2.75) is 69.0 Å². The summed E-state index contributed by atoms with van der Waals surface area (Å²) in [5.74, 6) is -3.33. The molecule has 16 heteroatoms. The summed E-state index contributed by atoms with van der Waals surface area (Å²) in [7, 11) is -2.53. The summed E-state index contributed by atoms with van der Waals surface area (Å²) < 4.78 is 33.0. The van der Waals surface area contributed by atoms with Crippen LogP contribution < -0.4 is 26.0 Å². The van der Waals surface area contributed by atoms with Crippen LogP contribution in [-0.2, 0) is 35.6 Å². The number of para-hydroxylation sites is 1. The van der Waals surface area contributed by atoms with Crippen LogP contribution in [0.3, 0.4) is 0 Å². The molecule has 1 saturated heterocycles. The number of carboxylic acids is 1. The third kappa shape index (κ3) is 9.69. The second kappa shape index (κ2) is 18.1. The number of carboxylic acid groups (broad SMARTS) is 1. The number of H-pyrrole nitrogens is 1. The van der Waals surface area contributed by atoms with Gasteiger partial charge in [-0.3, -0.25) is 19.2 Å². The molecule has 4 aromatic rings. The molecule has 5 rings (SSSR count). The van der Waals surface area contributed by atoms with Crippen molar-refractivity contribution in [1.82, 2.24) is 25.2 Å². The minimum absolute atomic E-state index is 0.0379. The number of carbonyl (C=O) groups is 5. The first-order valence-corrected chi connectivity index (χ1v) is 19.5. The van der Waals surface area contributed by atoms with Crippen molar-refractivity contribution in [3.63, 3.8) is 0 Å². The molecule has 1 aromatic heterocycles. The smallest absolute Gasteiger partial charge is 0.326 e. The van der Waals surface area contributed by atoms with Gasteiger partial charge in [-0.1, -0.05) is 62.7 Å². The van der Waals surface area contributed by atoms with E-state index in [2.05, 4.69) is 26.3 Å². The van der Waals surface area contributed by atoms with Crippen molar-refractivity contribution in [1.29, 1.82) is 0 Å². The Morgan fingerprint density at radius 3 is 2.44 bits per heavy atom. The highest BCUT2D eigenvalue weighted by molar-refractivity contribution is 7.89. The fourth-order valence-electron chi connectivity index (χ4n) is 6.50. The van der Waals surface area contributed by atoms with E-state index in [0.717, 1.165) is 15.2 Å². The second-order valence-electron chi connectivity index (χ2n) is 13.4. The molecule has 15 nitrogen and oxygen atoms in total. The van der Waals surface area contributed by atoms with Gasteiger partial charge in [0.25, 0.3) is 5.91 Å². The minimum Gasteiger partial charge on any atom is -0.495 e. The van der Waals surface area contributed by atoms with Crippen molar-refractivity contribution in [2.75, 3.05) is 25.5 Å². The SMILES string of the molecule is CCC(C)[C@H](NC(=O)Cc1ccc(NC(=O)c2c[nH]c3ccccc23)c(OC)c1)C(=O)NCC[C@H](NC(=O)[C@@H]1CCCN1S(=O)(=O)c1ccccc1)C(=O)O. The lowest BCUT2D eigenvalue weighted by Crippen LogP contribution is -2.53. The Balaban J connectivity index is 1.15. The lowest BCUT2D eigenvalue weighted by atomic mass is 9.97. The first kappa shape index (κ1) is 40.4. The van der Waals surface area contributed by atoms with Crippen LogP contribution in [0.1, 0.15) is 55.5 Å². The molecule has 292 valence electrons. The zero-order chi connectivity index (χ0) is 39.7. The maximum Gasteiger partial charge on any atom is 0.326 e. The van der Waals surface area contributed by atoms with E-state index in [9.17, 15) is 37.5 Å². The highest BCUT2D eigenvalue weighted by Gasteiger charge is 2.40. The summed E-state index contributed by atoms with van der Waals surface area (Å²) in [6.07, 6.45) is 2.56. The van der Waals surface area contributed by atoms with E-state index in [4.69, 9.17) is 4.74 Å². The number of hydrogen-bond acceptors (Lipinski definition) is 8. The van der Waals surface area contributed by atoms with E-state index in [1.54, 1.807) is 49.5 Å². The molecular weight excluding hydrogens is 729 g/mol. The summed E-state index contributed by atoms with van der Waals surface area (Å²) in [5, 5.41) is 21.4. The predicted molar refractivity (Wildman–Crippen MR) is 205 cm³/mol. The normalized spacial score (nSPS) is 16.1. The van der Waals surface area contributed by atoms with Crippen molar-refractivity contribution in [3.05, 3.63) is 90.1 Å². The Bertz CT molecular complexity index is 2140. The number of anilines is 1. The zero-order valence-electron chi connectivity index (χ0n) is 30.8. The number of aromatic nitrogens is 1. The third-order valence-corrected chi connectivity index (χ3v) is 11.6. The van der Waals surface area contributed by atoms with Crippen LogP contribution in [0.2, 0.25) is 0 Å². The van der Waals surface area contributed by atoms with E-state index < -0.39 is 51.8 Å². The quantitative estimate of drug-likeness (QED) is 0.0926. The fourth-order valence-corrected chi connectivity index (χ4v) is 8.18. The van der Waals surface area contributed by atoms with Crippen LogP contribution >= 0.6 is 0 Å². The molecular formula is C39H46N6O9S. The topological polar surface area (TPSA) is 216 Å². The Kier molecular flexibility index (Phi) is 13.3. The van der Waals surface area contributed by atoms with Crippen LogP contribution in [0.4, 0.5) is 5.69 Å². The largest absolute Gasteiger partial charge is 0.495 e. The number of aromatic amines is 1. The second-order valence-corrected chi connectivity index (χ2v) is 15.3. The summed E-state index contributed by atoms with van der Waals surface area (Å²) in [5.41, 5.74) is 2.27. The molecule has 1 aliphatic heterocycles. The monoisotopic (exact) mass is 774 g/mol. The van der Waals surface area contributed by atoms with Crippen molar-refractivity contribution < 1.29 is 42.2 Å². The molecule has 4 amide bonds. The first-order valence-electron chi connectivity index (χ1n) is 18.1. The van der Waals surface area contributed by atoms with E-state index in [1.807, 2.05) is 31.2 Å². The maximum absolute atomic E-state index is 13.3. The van der Waals surface area contributed by atoms with Gasteiger partial charge < -0.3 is 36.1 Å². The Morgan fingerprint density at radius 2 is 1.73 bits per heavy atom. The van der Waals surface area contributed by atoms with Gasteiger partial charge >= 0.3 is 5.97 Å². The van der Waals surface area contributed by atoms with Gasteiger partial charge in [0, 0.05) is 30.2 Å². The molecule has 55 heavy (non-hydrogen) atoms.